The summed E-state index contributed by atoms with van der Waals surface area (Å²) < 4.78 is 29.6. The minimum atomic E-state index is -4.02. The van der Waals surface area contributed by atoms with Crippen LogP contribution in [0.5, 0.6) is 0 Å². The van der Waals surface area contributed by atoms with Gasteiger partial charge in [0.25, 0.3) is 10.1 Å². The molecule has 3 heterocycles. The molecule has 10 heteroatoms. The normalized spacial score (nSPS) is 20.9. The number of nitro groups is 1. The van der Waals surface area contributed by atoms with Crippen LogP contribution >= 0.6 is 0 Å². The molecule has 2 N–H and O–H groups in total. The van der Waals surface area contributed by atoms with Crippen molar-refractivity contribution in [2.24, 2.45) is 0 Å². The van der Waals surface area contributed by atoms with Gasteiger partial charge in [-0.15, -0.1) is 0 Å². The van der Waals surface area contributed by atoms with E-state index in [-0.39, 0.29) is 10.7 Å². The fourth-order valence-corrected chi connectivity index (χ4v) is 3.72. The minimum absolute atomic E-state index is 0.0666. The Bertz CT molecular complexity index is 915. The molecule has 144 valence electrons. The van der Waals surface area contributed by atoms with E-state index in [2.05, 4.69) is 15.2 Å². The van der Waals surface area contributed by atoms with Crippen molar-refractivity contribution in [1.82, 2.24) is 10.3 Å². The first-order valence-corrected chi connectivity index (χ1v) is 9.82. The second-order valence-electron chi connectivity index (χ2n) is 6.57. The molecule has 2 bridgehead atoms. The third-order valence-electron chi connectivity index (χ3n) is 4.63. The summed E-state index contributed by atoms with van der Waals surface area (Å²) in [5, 5.41) is 13.9. The SMILES string of the molecule is Cc1ccc(S(=O)(=O)O)cc1.O=[N+]([O-])c1ccc(N2C[C@@H]3C[C@H]2CN3)cn1. The second-order valence-corrected chi connectivity index (χ2v) is 7.99. The largest absolute Gasteiger partial charge is 0.363 e. The number of aryl methyl sites for hydroxylation is 1. The molecule has 0 spiro atoms. The van der Waals surface area contributed by atoms with Gasteiger partial charge < -0.3 is 20.3 Å². The first-order chi connectivity index (χ1) is 12.7. The molecule has 0 radical (unpaired) electrons. The van der Waals surface area contributed by atoms with Crippen molar-refractivity contribution in [2.75, 3.05) is 18.0 Å². The van der Waals surface area contributed by atoms with E-state index >= 15 is 0 Å². The average molecular weight is 392 g/mol. The molecule has 2 aliphatic rings. The number of nitrogens with zero attached hydrogens (tertiary/aromatic N) is 3. The molecular formula is C17H20N4O5S. The highest BCUT2D eigenvalue weighted by Gasteiger charge is 2.38. The van der Waals surface area contributed by atoms with Gasteiger partial charge in [-0.3, -0.25) is 4.55 Å². The standard InChI is InChI=1S/C10H12N4O2.C7H8O3S/c15-14(16)10-2-1-8(4-12-10)13-6-7-3-9(13)5-11-7;1-6-2-4-7(5-3-6)11(8,9)10/h1-2,4,7,9,11H,3,5-6H2;2-5H,1H3,(H,8,9,10)/t7-,9-;/m0./s1. The van der Waals surface area contributed by atoms with Crippen LogP contribution in [0.15, 0.2) is 47.5 Å². The van der Waals surface area contributed by atoms with E-state index in [0.29, 0.717) is 12.1 Å². The maximum absolute atomic E-state index is 10.5. The van der Waals surface area contributed by atoms with E-state index in [4.69, 9.17) is 4.55 Å². The molecule has 0 aliphatic carbocycles. The molecule has 2 aromatic rings. The number of hydrogen-bond acceptors (Lipinski definition) is 7. The summed E-state index contributed by atoms with van der Waals surface area (Å²) in [4.78, 5) is 16.1. The molecule has 0 saturated carbocycles. The summed E-state index contributed by atoms with van der Waals surface area (Å²) in [5.74, 6) is -0.0915. The van der Waals surface area contributed by atoms with Gasteiger partial charge in [0, 0.05) is 31.2 Å². The topological polar surface area (TPSA) is 126 Å². The Morgan fingerprint density at radius 3 is 2.41 bits per heavy atom. The van der Waals surface area contributed by atoms with Gasteiger partial charge >= 0.3 is 5.82 Å². The number of anilines is 1. The number of piperazine rings is 1. The van der Waals surface area contributed by atoms with Crippen molar-refractivity contribution in [3.8, 4) is 0 Å². The van der Waals surface area contributed by atoms with Crippen LogP contribution in [0.25, 0.3) is 0 Å². The molecular weight excluding hydrogens is 372 g/mol. The van der Waals surface area contributed by atoms with Gasteiger partial charge in [0.1, 0.15) is 0 Å². The molecule has 4 rings (SSSR count). The van der Waals surface area contributed by atoms with Crippen molar-refractivity contribution >= 4 is 21.6 Å². The van der Waals surface area contributed by atoms with Crippen molar-refractivity contribution in [2.45, 2.75) is 30.3 Å². The predicted molar refractivity (Wildman–Crippen MR) is 99.4 cm³/mol. The van der Waals surface area contributed by atoms with Gasteiger partial charge in [-0.05, 0) is 41.5 Å². The molecule has 2 fully saturated rings. The Morgan fingerprint density at radius 2 is 1.96 bits per heavy atom. The highest BCUT2D eigenvalue weighted by Crippen LogP contribution is 2.29. The van der Waals surface area contributed by atoms with Crippen LogP contribution in [-0.4, -0.2) is 48.1 Å². The Morgan fingerprint density at radius 1 is 1.26 bits per heavy atom. The van der Waals surface area contributed by atoms with E-state index in [1.807, 2.05) is 6.92 Å². The fourth-order valence-electron chi connectivity index (χ4n) is 3.24. The van der Waals surface area contributed by atoms with E-state index in [9.17, 15) is 18.5 Å². The van der Waals surface area contributed by atoms with Crippen molar-refractivity contribution in [3.05, 3.63) is 58.3 Å². The maximum Gasteiger partial charge on any atom is 0.363 e. The summed E-state index contributed by atoms with van der Waals surface area (Å²) in [5.41, 5.74) is 1.94. The average Bonchev–Trinajstić information content (AvgIpc) is 3.25. The third kappa shape index (κ3) is 4.59. The lowest BCUT2D eigenvalue weighted by molar-refractivity contribution is -0.389. The first kappa shape index (κ1) is 19.2. The quantitative estimate of drug-likeness (QED) is 0.460. The van der Waals surface area contributed by atoms with Crippen molar-refractivity contribution in [3.63, 3.8) is 0 Å². The number of rotatable bonds is 3. The Kier molecular flexibility index (Phi) is 5.40. The number of benzene rings is 1. The zero-order valence-corrected chi connectivity index (χ0v) is 15.5. The molecule has 0 unspecified atom stereocenters. The van der Waals surface area contributed by atoms with Crippen molar-refractivity contribution < 1.29 is 17.9 Å². The highest BCUT2D eigenvalue weighted by molar-refractivity contribution is 7.85. The van der Waals surface area contributed by atoms with Gasteiger partial charge in [-0.25, -0.2) is 0 Å². The van der Waals surface area contributed by atoms with Crippen molar-refractivity contribution in [1.29, 1.82) is 0 Å². The van der Waals surface area contributed by atoms with Gasteiger partial charge in [0.15, 0.2) is 6.20 Å². The van der Waals surface area contributed by atoms with Gasteiger partial charge in [-0.2, -0.15) is 8.42 Å². The van der Waals surface area contributed by atoms with Crippen LogP contribution in [0.2, 0.25) is 0 Å². The van der Waals surface area contributed by atoms with Gasteiger partial charge in [0.05, 0.1) is 10.6 Å². The van der Waals surface area contributed by atoms with E-state index in [0.717, 1.165) is 30.8 Å². The van der Waals surface area contributed by atoms with Crippen LogP contribution in [0.4, 0.5) is 11.5 Å². The molecule has 2 atom stereocenters. The molecule has 1 aromatic carbocycles. The molecule has 0 amide bonds. The minimum Gasteiger partial charge on any atom is -0.363 e. The number of nitrogens with one attached hydrogen (secondary N) is 1. The zero-order chi connectivity index (χ0) is 19.6. The Labute approximate surface area is 156 Å². The summed E-state index contributed by atoms with van der Waals surface area (Å²) in [7, 11) is -4.02. The van der Waals surface area contributed by atoms with Gasteiger partial charge in [-0.1, -0.05) is 17.7 Å². The maximum atomic E-state index is 10.5. The first-order valence-electron chi connectivity index (χ1n) is 8.38. The molecule has 2 saturated heterocycles. The van der Waals surface area contributed by atoms with Crippen LogP contribution in [0.1, 0.15) is 12.0 Å². The van der Waals surface area contributed by atoms with E-state index in [1.54, 1.807) is 24.4 Å². The molecule has 9 nitrogen and oxygen atoms in total. The lowest BCUT2D eigenvalue weighted by Gasteiger charge is -2.28. The lowest BCUT2D eigenvalue weighted by Crippen LogP contribution is -2.43. The monoisotopic (exact) mass is 392 g/mol. The lowest BCUT2D eigenvalue weighted by atomic mass is 10.2. The van der Waals surface area contributed by atoms with E-state index < -0.39 is 15.0 Å². The summed E-state index contributed by atoms with van der Waals surface area (Å²) in [6.45, 7) is 3.82. The van der Waals surface area contributed by atoms with Gasteiger partial charge in [0.2, 0.25) is 0 Å². The summed E-state index contributed by atoms with van der Waals surface area (Å²) in [6, 6.07) is 10.3. The van der Waals surface area contributed by atoms with Crippen LogP contribution in [0.3, 0.4) is 0 Å². The predicted octanol–water partition coefficient (Wildman–Crippen LogP) is 1.78. The number of fused-ring (bicyclic) bond motifs is 2. The summed E-state index contributed by atoms with van der Waals surface area (Å²) in [6.07, 6.45) is 2.76. The smallest absolute Gasteiger partial charge is 0.363 e. The number of aromatic nitrogens is 1. The van der Waals surface area contributed by atoms with Crippen LogP contribution in [-0.2, 0) is 10.1 Å². The Balaban J connectivity index is 0.000000168. The zero-order valence-electron chi connectivity index (χ0n) is 14.6. The van der Waals surface area contributed by atoms with E-state index in [1.165, 1.54) is 18.2 Å². The highest BCUT2D eigenvalue weighted by atomic mass is 32.2. The summed E-state index contributed by atoms with van der Waals surface area (Å²) >= 11 is 0. The number of pyridine rings is 1. The van der Waals surface area contributed by atoms with Crippen LogP contribution < -0.4 is 10.2 Å². The Hall–Kier alpha value is -2.56. The fraction of sp³-hybridized carbons (Fsp3) is 0.353. The molecule has 27 heavy (non-hydrogen) atoms. The molecule has 2 aliphatic heterocycles. The van der Waals surface area contributed by atoms with Crippen LogP contribution in [0, 0.1) is 17.0 Å². The molecule has 1 aromatic heterocycles. The number of hydrogen-bond donors (Lipinski definition) is 2. The second kappa shape index (κ2) is 7.59. The third-order valence-corrected chi connectivity index (χ3v) is 5.49.